The lowest BCUT2D eigenvalue weighted by Gasteiger charge is -2.29. The molecule has 0 saturated carbocycles. The number of nitrogens with zero attached hydrogens (tertiary/aromatic N) is 1. The van der Waals surface area contributed by atoms with Gasteiger partial charge in [-0.15, -0.1) is 6.58 Å². The van der Waals surface area contributed by atoms with Crippen molar-refractivity contribution in [1.82, 2.24) is 10.9 Å². The zero-order valence-corrected chi connectivity index (χ0v) is 26.0. The molecular formula is C32H36BrN3O7. The molecule has 1 heterocycles. The van der Waals surface area contributed by atoms with Crippen molar-refractivity contribution in [2.45, 2.75) is 31.0 Å². The molecule has 0 aromatic heterocycles. The molecule has 3 aromatic carbocycles. The number of aliphatic hydroxyl groups excluding tert-OH is 1. The highest BCUT2D eigenvalue weighted by atomic mass is 79.9. The smallest absolute Gasteiger partial charge is 0.266 e. The van der Waals surface area contributed by atoms with E-state index in [1.54, 1.807) is 51.7 Å². The average Bonchev–Trinajstić information content (AvgIpc) is 3.42. The van der Waals surface area contributed by atoms with Crippen LogP contribution in [0.1, 0.15) is 35.6 Å². The number of halogens is 1. The highest BCUT2D eigenvalue weighted by Gasteiger charge is 2.52. The lowest BCUT2D eigenvalue weighted by Crippen LogP contribution is -2.52. The van der Waals surface area contributed by atoms with Gasteiger partial charge in [-0.05, 0) is 59.7 Å². The number of amides is 1. The van der Waals surface area contributed by atoms with E-state index in [2.05, 4.69) is 33.4 Å². The molecule has 2 atom stereocenters. The molecule has 10 nitrogen and oxygen atoms in total. The van der Waals surface area contributed by atoms with Crippen molar-refractivity contribution < 1.29 is 33.6 Å². The van der Waals surface area contributed by atoms with Crippen molar-refractivity contribution in [2.75, 3.05) is 34.5 Å². The number of aliphatic hydroxyl groups is 1. The van der Waals surface area contributed by atoms with E-state index in [0.29, 0.717) is 47.5 Å². The first-order valence-corrected chi connectivity index (χ1v) is 14.5. The first kappa shape index (κ1) is 31.9. The number of nitrogens with one attached hydrogen (secondary N) is 2. The summed E-state index contributed by atoms with van der Waals surface area (Å²) in [5, 5.41) is 9.00. The normalized spacial score (nSPS) is 17.4. The number of methoxy groups -OCH3 is 3. The molecule has 4 rings (SSSR count). The summed E-state index contributed by atoms with van der Waals surface area (Å²) in [7, 11) is 4.63. The minimum Gasteiger partial charge on any atom is -0.494 e. The second kappa shape index (κ2) is 14.9. The Morgan fingerprint density at radius 3 is 2.33 bits per heavy atom. The number of benzene rings is 3. The van der Waals surface area contributed by atoms with Crippen LogP contribution in [0.5, 0.6) is 23.0 Å². The van der Waals surface area contributed by atoms with Crippen molar-refractivity contribution in [3.8, 4) is 23.0 Å². The Hall–Kier alpha value is -4.06. The molecule has 0 spiro atoms. The lowest BCUT2D eigenvalue weighted by atomic mass is 9.84. The summed E-state index contributed by atoms with van der Waals surface area (Å²) < 4.78 is 29.3. The molecule has 0 fully saturated rings. The van der Waals surface area contributed by atoms with Crippen LogP contribution < -0.4 is 29.8 Å². The second-order valence-electron chi connectivity index (χ2n) is 9.67. The Labute approximate surface area is 259 Å². The van der Waals surface area contributed by atoms with E-state index in [1.165, 1.54) is 0 Å². The minimum atomic E-state index is -1.34. The van der Waals surface area contributed by atoms with E-state index < -0.39 is 11.6 Å². The van der Waals surface area contributed by atoms with Crippen molar-refractivity contribution in [1.29, 1.82) is 0 Å². The SMILES string of the molecule is C=CC[C@]1(C(=O)NNCc2cc(OC)c(OC)c(OC)c2)N=C(c2ccc(OCCCO)cc2)O[C@H]1c1ccc(Br)cc1. The van der Waals surface area contributed by atoms with Gasteiger partial charge in [-0.3, -0.25) is 10.2 Å². The third kappa shape index (κ3) is 7.30. The van der Waals surface area contributed by atoms with E-state index in [4.69, 9.17) is 33.8 Å². The average molecular weight is 655 g/mol. The van der Waals surface area contributed by atoms with Gasteiger partial charge < -0.3 is 28.8 Å². The van der Waals surface area contributed by atoms with Gasteiger partial charge in [-0.25, -0.2) is 10.4 Å². The Morgan fingerprint density at radius 1 is 1.07 bits per heavy atom. The maximum atomic E-state index is 14.0. The molecule has 3 N–H and O–H groups in total. The standard InChI is InChI=1S/C32H36BrN3O7/c1-5-15-32(31(38)36-34-20-21-18-26(39-2)28(41-4)27(19-21)40-3)29(22-7-11-24(33)12-8-22)43-30(35-32)23-9-13-25(14-10-23)42-17-6-16-37/h5,7-14,18-19,29,34,37H,1,6,15-17,20H2,2-4H3,(H,36,38)/t29-,32-/m0/s1. The summed E-state index contributed by atoms with van der Waals surface area (Å²) in [6.45, 7) is 4.65. The third-order valence-electron chi connectivity index (χ3n) is 6.88. The molecule has 0 unspecified atom stereocenters. The van der Waals surface area contributed by atoms with Crippen LogP contribution in [-0.2, 0) is 16.1 Å². The van der Waals surface area contributed by atoms with Gasteiger partial charge in [0.2, 0.25) is 11.6 Å². The van der Waals surface area contributed by atoms with Gasteiger partial charge in [-0.1, -0.05) is 34.1 Å². The number of carbonyl (C=O) groups is 1. The van der Waals surface area contributed by atoms with Gasteiger partial charge in [0.25, 0.3) is 5.91 Å². The van der Waals surface area contributed by atoms with Crippen molar-refractivity contribution in [2.24, 2.45) is 4.99 Å². The van der Waals surface area contributed by atoms with Gasteiger partial charge in [-0.2, -0.15) is 0 Å². The predicted octanol–water partition coefficient (Wildman–Crippen LogP) is 4.89. The zero-order chi connectivity index (χ0) is 30.8. The topological polar surface area (TPSA) is 120 Å². The Kier molecular flexibility index (Phi) is 11.0. The van der Waals surface area contributed by atoms with Crippen LogP contribution in [0.25, 0.3) is 0 Å². The number of carbonyl (C=O) groups excluding carboxylic acids is 1. The Balaban J connectivity index is 1.61. The van der Waals surface area contributed by atoms with Crippen LogP contribution in [0.3, 0.4) is 0 Å². The maximum absolute atomic E-state index is 14.0. The Morgan fingerprint density at radius 2 is 1.74 bits per heavy atom. The van der Waals surface area contributed by atoms with E-state index in [-0.39, 0.29) is 25.5 Å². The maximum Gasteiger partial charge on any atom is 0.266 e. The molecule has 3 aromatic rings. The van der Waals surface area contributed by atoms with Crippen LogP contribution >= 0.6 is 15.9 Å². The summed E-state index contributed by atoms with van der Waals surface area (Å²) in [6.07, 6.45) is 1.70. The summed E-state index contributed by atoms with van der Waals surface area (Å²) in [5.74, 6) is 2.10. The molecule has 11 heteroatoms. The number of hydrogen-bond acceptors (Lipinski definition) is 9. The lowest BCUT2D eigenvalue weighted by molar-refractivity contribution is -0.129. The molecule has 0 aliphatic carbocycles. The zero-order valence-electron chi connectivity index (χ0n) is 24.4. The van der Waals surface area contributed by atoms with E-state index in [0.717, 1.165) is 15.6 Å². The largest absolute Gasteiger partial charge is 0.494 e. The number of hydrogen-bond donors (Lipinski definition) is 3. The van der Waals surface area contributed by atoms with Crippen LogP contribution in [0.15, 0.2) is 82.8 Å². The predicted molar refractivity (Wildman–Crippen MR) is 167 cm³/mol. The van der Waals surface area contributed by atoms with E-state index in [9.17, 15) is 4.79 Å². The quantitative estimate of drug-likeness (QED) is 0.121. The molecule has 0 radical (unpaired) electrons. The Bertz CT molecular complexity index is 1400. The van der Waals surface area contributed by atoms with Crippen LogP contribution in [0.4, 0.5) is 0 Å². The third-order valence-corrected chi connectivity index (χ3v) is 7.41. The van der Waals surface area contributed by atoms with Crippen LogP contribution in [0, 0.1) is 0 Å². The highest BCUT2D eigenvalue weighted by Crippen LogP contribution is 2.43. The fourth-order valence-corrected chi connectivity index (χ4v) is 5.01. The molecule has 43 heavy (non-hydrogen) atoms. The molecule has 0 bridgehead atoms. The summed E-state index contributed by atoms with van der Waals surface area (Å²) in [6, 6.07) is 18.5. The molecule has 1 aliphatic rings. The van der Waals surface area contributed by atoms with Crippen LogP contribution in [-0.4, -0.2) is 57.0 Å². The first-order chi connectivity index (χ1) is 20.9. The fourth-order valence-electron chi connectivity index (χ4n) is 4.75. The molecular weight excluding hydrogens is 618 g/mol. The summed E-state index contributed by atoms with van der Waals surface area (Å²) >= 11 is 3.48. The van der Waals surface area contributed by atoms with E-state index >= 15 is 0 Å². The number of aliphatic imine (C=N–C) groups is 1. The molecule has 1 aliphatic heterocycles. The molecule has 228 valence electrons. The van der Waals surface area contributed by atoms with Crippen LogP contribution in [0.2, 0.25) is 0 Å². The van der Waals surface area contributed by atoms with Gasteiger partial charge in [0.15, 0.2) is 23.1 Å². The van der Waals surface area contributed by atoms with Gasteiger partial charge in [0.1, 0.15) is 5.75 Å². The van der Waals surface area contributed by atoms with Gasteiger partial charge in [0, 0.05) is 36.0 Å². The second-order valence-corrected chi connectivity index (χ2v) is 10.6. The van der Waals surface area contributed by atoms with E-state index in [1.807, 2.05) is 36.4 Å². The first-order valence-electron chi connectivity index (χ1n) is 13.7. The minimum absolute atomic E-state index is 0.0605. The summed E-state index contributed by atoms with van der Waals surface area (Å²) in [4.78, 5) is 18.9. The number of rotatable bonds is 15. The fraction of sp³-hybridized carbons (Fsp3) is 0.312. The monoisotopic (exact) mass is 653 g/mol. The summed E-state index contributed by atoms with van der Waals surface area (Å²) in [5.41, 5.74) is 6.79. The van der Waals surface area contributed by atoms with Crippen molar-refractivity contribution in [3.63, 3.8) is 0 Å². The van der Waals surface area contributed by atoms with Crippen molar-refractivity contribution in [3.05, 3.63) is 94.5 Å². The highest BCUT2D eigenvalue weighted by molar-refractivity contribution is 9.10. The van der Waals surface area contributed by atoms with Crippen molar-refractivity contribution >= 4 is 27.7 Å². The number of hydrazine groups is 1. The van der Waals surface area contributed by atoms with Gasteiger partial charge in [0.05, 0.1) is 27.9 Å². The molecule has 0 saturated heterocycles. The number of ether oxygens (including phenoxy) is 5. The van der Waals surface area contributed by atoms with Gasteiger partial charge >= 0.3 is 0 Å². The molecule has 1 amide bonds.